The Morgan fingerprint density at radius 1 is 1.10 bits per heavy atom. The molecule has 0 radical (unpaired) electrons. The van der Waals surface area contributed by atoms with Crippen molar-refractivity contribution in [1.82, 2.24) is 4.98 Å². The molecule has 0 amide bonds. The number of ketones is 1. The molecule has 0 atom stereocenters. The molecule has 0 unspecified atom stereocenters. The Kier molecular flexibility index (Phi) is 6.14. The molecule has 0 aliphatic carbocycles. The standard InChI is InChI=1S/C15H21NO5/c1-5-7-12(18)21-8-11(17)14-9(3)13(10(4)16-14)15(19)20-6-2/h16H,5-8H2,1-4H3. The zero-order valence-corrected chi connectivity index (χ0v) is 12.9. The number of aromatic nitrogens is 1. The molecular weight excluding hydrogens is 274 g/mol. The van der Waals surface area contributed by atoms with Gasteiger partial charge in [-0.15, -0.1) is 0 Å². The fourth-order valence-electron chi connectivity index (χ4n) is 2.03. The van der Waals surface area contributed by atoms with E-state index in [0.29, 0.717) is 23.2 Å². The molecule has 0 saturated carbocycles. The van der Waals surface area contributed by atoms with Gasteiger partial charge in [0.05, 0.1) is 17.9 Å². The maximum Gasteiger partial charge on any atom is 0.340 e. The molecule has 0 saturated heterocycles. The van der Waals surface area contributed by atoms with Crippen molar-refractivity contribution in [3.63, 3.8) is 0 Å². The maximum atomic E-state index is 12.1. The Labute approximate surface area is 123 Å². The Bertz CT molecular complexity index is 545. The third kappa shape index (κ3) is 4.18. The first-order valence-electron chi connectivity index (χ1n) is 6.97. The van der Waals surface area contributed by atoms with E-state index in [1.54, 1.807) is 20.8 Å². The van der Waals surface area contributed by atoms with Crippen LogP contribution in [0.1, 0.15) is 58.8 Å². The lowest BCUT2D eigenvalue weighted by atomic mass is 10.1. The molecule has 0 bridgehead atoms. The van der Waals surface area contributed by atoms with Crippen molar-refractivity contribution >= 4 is 17.7 Å². The van der Waals surface area contributed by atoms with Crippen LogP contribution < -0.4 is 0 Å². The van der Waals surface area contributed by atoms with Crippen LogP contribution in [0, 0.1) is 13.8 Å². The minimum atomic E-state index is -0.467. The van der Waals surface area contributed by atoms with E-state index in [0.717, 1.165) is 0 Å². The largest absolute Gasteiger partial charge is 0.462 e. The monoisotopic (exact) mass is 295 g/mol. The fraction of sp³-hybridized carbons (Fsp3) is 0.533. The number of aromatic amines is 1. The van der Waals surface area contributed by atoms with E-state index in [4.69, 9.17) is 9.47 Å². The first kappa shape index (κ1) is 16.9. The highest BCUT2D eigenvalue weighted by Gasteiger charge is 2.23. The van der Waals surface area contributed by atoms with Gasteiger partial charge in [-0.2, -0.15) is 0 Å². The number of ether oxygens (including phenoxy) is 2. The van der Waals surface area contributed by atoms with Gasteiger partial charge < -0.3 is 14.5 Å². The SMILES string of the molecule is CCCC(=O)OCC(=O)c1[nH]c(C)c(C(=O)OCC)c1C. The van der Waals surface area contributed by atoms with Gasteiger partial charge in [-0.1, -0.05) is 6.92 Å². The predicted octanol–water partition coefficient (Wildman–Crippen LogP) is 2.33. The minimum absolute atomic E-state index is 0.265. The van der Waals surface area contributed by atoms with Gasteiger partial charge in [0.15, 0.2) is 6.61 Å². The number of rotatable bonds is 7. The fourth-order valence-corrected chi connectivity index (χ4v) is 2.03. The van der Waals surface area contributed by atoms with E-state index in [2.05, 4.69) is 4.98 Å². The number of carbonyl (C=O) groups excluding carboxylic acids is 3. The highest BCUT2D eigenvalue weighted by Crippen LogP contribution is 2.19. The molecule has 0 fully saturated rings. The van der Waals surface area contributed by atoms with E-state index in [9.17, 15) is 14.4 Å². The van der Waals surface area contributed by atoms with Crippen molar-refractivity contribution in [3.8, 4) is 0 Å². The number of hydrogen-bond donors (Lipinski definition) is 1. The van der Waals surface area contributed by atoms with Crippen LogP contribution in [0.2, 0.25) is 0 Å². The Balaban J connectivity index is 2.84. The van der Waals surface area contributed by atoms with Gasteiger partial charge in [0, 0.05) is 12.1 Å². The van der Waals surface area contributed by atoms with Crippen LogP contribution in [0.15, 0.2) is 0 Å². The van der Waals surface area contributed by atoms with Gasteiger partial charge in [0.25, 0.3) is 0 Å². The molecule has 1 rings (SSSR count). The highest BCUT2D eigenvalue weighted by molar-refractivity contribution is 6.02. The van der Waals surface area contributed by atoms with Crippen molar-refractivity contribution in [2.24, 2.45) is 0 Å². The summed E-state index contributed by atoms with van der Waals surface area (Å²) >= 11 is 0. The van der Waals surface area contributed by atoms with E-state index >= 15 is 0 Å². The number of H-pyrrole nitrogens is 1. The number of nitrogens with one attached hydrogen (secondary N) is 1. The normalized spacial score (nSPS) is 10.3. The number of carbonyl (C=O) groups is 3. The summed E-state index contributed by atoms with van der Waals surface area (Å²) in [6, 6.07) is 0. The number of aryl methyl sites for hydroxylation is 1. The quantitative estimate of drug-likeness (QED) is 0.616. The van der Waals surface area contributed by atoms with Gasteiger partial charge in [-0.05, 0) is 32.8 Å². The maximum absolute atomic E-state index is 12.1. The number of hydrogen-bond acceptors (Lipinski definition) is 5. The summed E-state index contributed by atoms with van der Waals surface area (Å²) in [5.41, 5.74) is 1.72. The smallest absolute Gasteiger partial charge is 0.340 e. The minimum Gasteiger partial charge on any atom is -0.462 e. The molecule has 6 nitrogen and oxygen atoms in total. The van der Waals surface area contributed by atoms with Crippen molar-refractivity contribution < 1.29 is 23.9 Å². The number of Topliss-reactive ketones (excluding diaryl/α,β-unsaturated/α-hetero) is 1. The zero-order chi connectivity index (χ0) is 16.0. The second-order valence-corrected chi connectivity index (χ2v) is 4.68. The molecular formula is C15H21NO5. The molecule has 6 heteroatoms. The van der Waals surface area contributed by atoms with Crippen LogP contribution in [0.3, 0.4) is 0 Å². The predicted molar refractivity (Wildman–Crippen MR) is 76.4 cm³/mol. The molecule has 0 aliphatic heterocycles. The van der Waals surface area contributed by atoms with Gasteiger partial charge in [0.1, 0.15) is 0 Å². The molecule has 0 aliphatic rings. The summed E-state index contributed by atoms with van der Waals surface area (Å²) in [7, 11) is 0. The second-order valence-electron chi connectivity index (χ2n) is 4.68. The van der Waals surface area contributed by atoms with Crippen molar-refractivity contribution in [1.29, 1.82) is 0 Å². The van der Waals surface area contributed by atoms with Crippen LogP contribution in [0.5, 0.6) is 0 Å². The molecule has 1 aromatic rings. The van der Waals surface area contributed by atoms with E-state index in [1.807, 2.05) is 6.92 Å². The average molecular weight is 295 g/mol. The first-order valence-corrected chi connectivity index (χ1v) is 6.97. The van der Waals surface area contributed by atoms with Crippen molar-refractivity contribution in [2.45, 2.75) is 40.5 Å². The van der Waals surface area contributed by atoms with Crippen molar-refractivity contribution in [2.75, 3.05) is 13.2 Å². The lowest BCUT2D eigenvalue weighted by Gasteiger charge is -2.04. The summed E-state index contributed by atoms with van der Waals surface area (Å²) in [5, 5.41) is 0. The second kappa shape index (κ2) is 7.61. The van der Waals surface area contributed by atoms with Crippen LogP contribution >= 0.6 is 0 Å². The Morgan fingerprint density at radius 3 is 2.33 bits per heavy atom. The topological polar surface area (TPSA) is 85.5 Å². The van der Waals surface area contributed by atoms with Gasteiger partial charge in [-0.3, -0.25) is 9.59 Å². The van der Waals surface area contributed by atoms with Crippen LogP contribution in [0.4, 0.5) is 0 Å². The van der Waals surface area contributed by atoms with Crippen LogP contribution in [-0.2, 0) is 14.3 Å². The molecule has 1 heterocycles. The van der Waals surface area contributed by atoms with E-state index in [-0.39, 0.29) is 31.1 Å². The zero-order valence-electron chi connectivity index (χ0n) is 12.9. The van der Waals surface area contributed by atoms with E-state index < -0.39 is 11.9 Å². The van der Waals surface area contributed by atoms with E-state index in [1.165, 1.54) is 0 Å². The third-order valence-electron chi connectivity index (χ3n) is 3.01. The molecule has 21 heavy (non-hydrogen) atoms. The Hall–Kier alpha value is -2.11. The highest BCUT2D eigenvalue weighted by atomic mass is 16.5. The lowest BCUT2D eigenvalue weighted by molar-refractivity contribution is -0.142. The van der Waals surface area contributed by atoms with Crippen molar-refractivity contribution in [3.05, 3.63) is 22.5 Å². The summed E-state index contributed by atoms with van der Waals surface area (Å²) in [6.45, 7) is 6.86. The van der Waals surface area contributed by atoms with Gasteiger partial charge >= 0.3 is 11.9 Å². The lowest BCUT2D eigenvalue weighted by Crippen LogP contribution is -2.15. The van der Waals surface area contributed by atoms with Gasteiger partial charge in [-0.25, -0.2) is 4.79 Å². The van der Waals surface area contributed by atoms with Crippen LogP contribution in [0.25, 0.3) is 0 Å². The molecule has 116 valence electrons. The van der Waals surface area contributed by atoms with Crippen LogP contribution in [-0.4, -0.2) is 35.9 Å². The summed E-state index contributed by atoms with van der Waals surface area (Å²) in [4.78, 5) is 38.0. The summed E-state index contributed by atoms with van der Waals surface area (Å²) in [6.07, 6.45) is 0.949. The molecule has 1 aromatic heterocycles. The average Bonchev–Trinajstić information content (AvgIpc) is 2.72. The Morgan fingerprint density at radius 2 is 1.76 bits per heavy atom. The first-order chi connectivity index (χ1) is 9.92. The summed E-state index contributed by atoms with van der Waals surface area (Å²) in [5.74, 6) is -1.24. The molecule has 0 spiro atoms. The number of esters is 2. The molecule has 1 N–H and O–H groups in total. The third-order valence-corrected chi connectivity index (χ3v) is 3.01. The summed E-state index contributed by atoms with van der Waals surface area (Å²) < 4.78 is 9.84. The van der Waals surface area contributed by atoms with Gasteiger partial charge in [0.2, 0.25) is 5.78 Å². The molecule has 0 aromatic carbocycles.